The molecule has 0 amide bonds. The molecule has 28 heavy (non-hydrogen) atoms. The minimum Gasteiger partial charge on any atom is -0.355 e. The summed E-state index contributed by atoms with van der Waals surface area (Å²) >= 11 is 6.21. The third-order valence-corrected chi connectivity index (χ3v) is 6.87. The van der Waals surface area contributed by atoms with Gasteiger partial charge in [-0.2, -0.15) is 0 Å². The molecule has 1 aromatic rings. The Morgan fingerprint density at radius 3 is 2.68 bits per heavy atom. The van der Waals surface area contributed by atoms with Gasteiger partial charge in [-0.25, -0.2) is 0 Å². The molecule has 4 rings (SSSR count). The zero-order chi connectivity index (χ0) is 18.7. The van der Waals surface area contributed by atoms with Crippen molar-refractivity contribution in [3.05, 3.63) is 34.9 Å². The summed E-state index contributed by atoms with van der Waals surface area (Å²) in [5.74, 6) is 1.86. The molecule has 3 fully saturated rings. The van der Waals surface area contributed by atoms with Gasteiger partial charge in [0.05, 0.1) is 0 Å². The van der Waals surface area contributed by atoms with E-state index in [4.69, 9.17) is 11.6 Å². The molecule has 1 aromatic carbocycles. The van der Waals surface area contributed by atoms with Crippen molar-refractivity contribution in [3.8, 4) is 0 Å². The van der Waals surface area contributed by atoms with E-state index in [1.807, 2.05) is 13.1 Å². The predicted octanol–water partition coefficient (Wildman–Crippen LogP) is 4.37. The highest BCUT2D eigenvalue weighted by molar-refractivity contribution is 14.0. The first-order valence-corrected chi connectivity index (χ1v) is 11.0. The topological polar surface area (TPSA) is 30.9 Å². The first-order chi connectivity index (χ1) is 13.2. The lowest BCUT2D eigenvalue weighted by Crippen LogP contribution is -2.43. The summed E-state index contributed by atoms with van der Waals surface area (Å²) in [4.78, 5) is 9.72. The number of aliphatic imine (C=N–C) groups is 1. The zero-order valence-corrected chi connectivity index (χ0v) is 20.1. The van der Waals surface area contributed by atoms with Crippen molar-refractivity contribution in [2.24, 2.45) is 10.9 Å². The number of piperidine rings is 1. The number of benzene rings is 1. The first-order valence-electron chi connectivity index (χ1n) is 10.6. The lowest BCUT2D eigenvalue weighted by atomic mass is 9.96. The SMILES string of the molecule is CN=C(NCC1(c2cccc(Cl)c2)CC1)N1CCC(CN2CCCCC2)C1.I. The molecule has 1 unspecified atom stereocenters. The van der Waals surface area contributed by atoms with Crippen LogP contribution < -0.4 is 5.32 Å². The van der Waals surface area contributed by atoms with E-state index < -0.39 is 0 Å². The lowest BCUT2D eigenvalue weighted by Gasteiger charge is -2.29. The molecule has 2 aliphatic heterocycles. The highest BCUT2D eigenvalue weighted by Crippen LogP contribution is 2.48. The van der Waals surface area contributed by atoms with Crippen molar-refractivity contribution >= 4 is 41.5 Å². The van der Waals surface area contributed by atoms with E-state index in [-0.39, 0.29) is 29.4 Å². The van der Waals surface area contributed by atoms with Gasteiger partial charge in [0.1, 0.15) is 0 Å². The average Bonchev–Trinajstić information content (AvgIpc) is 3.35. The summed E-state index contributed by atoms with van der Waals surface area (Å²) in [6.45, 7) is 7.08. The van der Waals surface area contributed by atoms with Gasteiger partial charge in [0.2, 0.25) is 0 Å². The third kappa shape index (κ3) is 5.33. The fraction of sp³-hybridized carbons (Fsp3) is 0.682. The number of nitrogens with one attached hydrogen (secondary N) is 1. The molecular formula is C22H34ClIN4. The molecule has 1 saturated carbocycles. The van der Waals surface area contributed by atoms with Crippen LogP contribution in [0.3, 0.4) is 0 Å². The van der Waals surface area contributed by atoms with Crippen LogP contribution in [0.25, 0.3) is 0 Å². The van der Waals surface area contributed by atoms with E-state index in [1.165, 1.54) is 63.7 Å². The molecule has 2 heterocycles. The van der Waals surface area contributed by atoms with Gasteiger partial charge in [-0.1, -0.05) is 30.2 Å². The highest BCUT2D eigenvalue weighted by Gasteiger charge is 2.44. The quantitative estimate of drug-likeness (QED) is 0.358. The Hall–Kier alpha value is -0.530. The molecule has 1 aliphatic carbocycles. The Bertz CT molecular complexity index is 670. The third-order valence-electron chi connectivity index (χ3n) is 6.64. The van der Waals surface area contributed by atoms with Crippen molar-refractivity contribution in [2.45, 2.75) is 43.9 Å². The van der Waals surface area contributed by atoms with Crippen molar-refractivity contribution < 1.29 is 0 Å². The van der Waals surface area contributed by atoms with E-state index in [1.54, 1.807) is 0 Å². The molecule has 6 heteroatoms. The maximum Gasteiger partial charge on any atom is 0.193 e. The minimum absolute atomic E-state index is 0. The van der Waals surface area contributed by atoms with Gasteiger partial charge < -0.3 is 15.1 Å². The van der Waals surface area contributed by atoms with Gasteiger partial charge in [0.25, 0.3) is 0 Å². The number of guanidine groups is 1. The number of rotatable bonds is 5. The van der Waals surface area contributed by atoms with Crippen LogP contribution in [0.5, 0.6) is 0 Å². The van der Waals surface area contributed by atoms with Gasteiger partial charge >= 0.3 is 0 Å². The molecule has 156 valence electrons. The standard InChI is InChI=1S/C22H33ClN4.HI/c1-24-21(25-17-22(9-10-22)19-6-5-7-20(23)14-19)27-13-8-18(16-27)15-26-11-3-2-4-12-26;/h5-7,14,18H,2-4,8-13,15-17H2,1H3,(H,24,25);1H. The highest BCUT2D eigenvalue weighted by atomic mass is 127. The van der Waals surface area contributed by atoms with Gasteiger partial charge in [-0.3, -0.25) is 4.99 Å². The summed E-state index contributed by atoms with van der Waals surface area (Å²) in [5, 5.41) is 4.51. The molecule has 1 N–H and O–H groups in total. The van der Waals surface area contributed by atoms with E-state index in [0.717, 1.165) is 36.5 Å². The van der Waals surface area contributed by atoms with Crippen molar-refractivity contribution in [3.63, 3.8) is 0 Å². The molecule has 2 saturated heterocycles. The Kier molecular flexibility index (Phi) is 7.90. The zero-order valence-electron chi connectivity index (χ0n) is 17.0. The smallest absolute Gasteiger partial charge is 0.193 e. The summed E-state index contributed by atoms with van der Waals surface area (Å²) in [5.41, 5.74) is 1.61. The number of likely N-dealkylation sites (tertiary alicyclic amines) is 2. The monoisotopic (exact) mass is 516 g/mol. The molecule has 3 aliphatic rings. The van der Waals surface area contributed by atoms with Gasteiger partial charge in [-0.15, -0.1) is 24.0 Å². The normalized spacial score (nSPS) is 24.7. The van der Waals surface area contributed by atoms with Crippen LogP contribution in [0.4, 0.5) is 0 Å². The van der Waals surface area contributed by atoms with Crippen LogP contribution in [-0.2, 0) is 5.41 Å². The second-order valence-corrected chi connectivity index (χ2v) is 9.09. The Morgan fingerprint density at radius 1 is 1.21 bits per heavy atom. The summed E-state index contributed by atoms with van der Waals surface area (Å²) < 4.78 is 0. The maximum absolute atomic E-state index is 6.21. The Labute approximate surface area is 192 Å². The molecule has 0 aromatic heterocycles. The fourth-order valence-corrected chi connectivity index (χ4v) is 4.99. The molecule has 0 spiro atoms. The Morgan fingerprint density at radius 2 is 2.00 bits per heavy atom. The molecular weight excluding hydrogens is 483 g/mol. The largest absolute Gasteiger partial charge is 0.355 e. The van der Waals surface area contributed by atoms with E-state index in [0.29, 0.717) is 0 Å². The van der Waals surface area contributed by atoms with Crippen LogP contribution in [0.1, 0.15) is 44.1 Å². The Balaban J connectivity index is 0.00000225. The lowest BCUT2D eigenvalue weighted by molar-refractivity contribution is 0.198. The summed E-state index contributed by atoms with van der Waals surface area (Å²) in [6, 6.07) is 8.37. The number of hydrogen-bond acceptors (Lipinski definition) is 2. The minimum atomic E-state index is 0. The van der Waals surface area contributed by atoms with E-state index in [2.05, 4.69) is 38.3 Å². The molecule has 1 atom stereocenters. The van der Waals surface area contributed by atoms with Crippen molar-refractivity contribution in [1.29, 1.82) is 0 Å². The van der Waals surface area contributed by atoms with Crippen LogP contribution in [0.15, 0.2) is 29.3 Å². The van der Waals surface area contributed by atoms with E-state index in [9.17, 15) is 0 Å². The number of hydrogen-bond donors (Lipinski definition) is 1. The maximum atomic E-state index is 6.21. The molecule has 0 bridgehead atoms. The molecule has 0 radical (unpaired) electrons. The predicted molar refractivity (Wildman–Crippen MR) is 129 cm³/mol. The number of nitrogens with zero attached hydrogens (tertiary/aromatic N) is 3. The summed E-state index contributed by atoms with van der Waals surface area (Å²) in [7, 11) is 1.92. The van der Waals surface area contributed by atoms with Gasteiger partial charge in [0.15, 0.2) is 5.96 Å². The molecule has 4 nitrogen and oxygen atoms in total. The van der Waals surface area contributed by atoms with Crippen LogP contribution in [0, 0.1) is 5.92 Å². The second kappa shape index (κ2) is 9.98. The second-order valence-electron chi connectivity index (χ2n) is 8.65. The summed E-state index contributed by atoms with van der Waals surface area (Å²) in [6.07, 6.45) is 7.93. The fourth-order valence-electron chi connectivity index (χ4n) is 4.80. The van der Waals surface area contributed by atoms with Gasteiger partial charge in [-0.05, 0) is 68.8 Å². The number of halogens is 2. The van der Waals surface area contributed by atoms with Gasteiger partial charge in [0, 0.05) is 43.7 Å². The van der Waals surface area contributed by atoms with Crippen LogP contribution in [-0.4, -0.2) is 62.1 Å². The van der Waals surface area contributed by atoms with Crippen LogP contribution >= 0.6 is 35.6 Å². The average molecular weight is 517 g/mol. The van der Waals surface area contributed by atoms with Crippen LogP contribution in [0.2, 0.25) is 5.02 Å². The van der Waals surface area contributed by atoms with E-state index >= 15 is 0 Å². The first kappa shape index (κ1) is 22.2. The van der Waals surface area contributed by atoms with Crippen molar-refractivity contribution in [2.75, 3.05) is 46.3 Å². The van der Waals surface area contributed by atoms with Crippen molar-refractivity contribution in [1.82, 2.24) is 15.1 Å².